The predicted octanol–water partition coefficient (Wildman–Crippen LogP) is 1.67. The Balaban J connectivity index is 2.12. The van der Waals surface area contributed by atoms with Crippen molar-refractivity contribution in [2.45, 2.75) is 12.2 Å². The molecule has 3 aromatic heterocycles. The number of ether oxygens (including phenoxy) is 2. The van der Waals surface area contributed by atoms with E-state index in [2.05, 4.69) is 0 Å². The Morgan fingerprint density at radius 3 is 2.58 bits per heavy atom. The van der Waals surface area contributed by atoms with Crippen molar-refractivity contribution < 1.29 is 32.7 Å². The van der Waals surface area contributed by atoms with Gasteiger partial charge in [-0.1, -0.05) is 11.8 Å². The van der Waals surface area contributed by atoms with E-state index in [4.69, 9.17) is 24.0 Å². The molecule has 0 saturated heterocycles. The monoisotopic (exact) mass is 442 g/mol. The van der Waals surface area contributed by atoms with E-state index in [1.54, 1.807) is 37.3 Å². The number of aromatic nitrogens is 1. The Morgan fingerprint density at radius 2 is 1.97 bits per heavy atom. The van der Waals surface area contributed by atoms with Crippen LogP contribution in [0.25, 0.3) is 11.0 Å². The van der Waals surface area contributed by atoms with Gasteiger partial charge in [0.05, 0.1) is 37.3 Å². The maximum atomic E-state index is 13.5. The van der Waals surface area contributed by atoms with Crippen LogP contribution < -0.4 is 16.3 Å². The summed E-state index contributed by atoms with van der Waals surface area (Å²) >= 11 is 0.976. The van der Waals surface area contributed by atoms with Crippen molar-refractivity contribution >= 4 is 46.3 Å². The summed E-state index contributed by atoms with van der Waals surface area (Å²) in [5.74, 6) is -1.23. The molecule has 0 bridgehead atoms. The fourth-order valence-electron chi connectivity index (χ4n) is 3.31. The first-order chi connectivity index (χ1) is 15.0. The molecule has 1 aliphatic rings. The van der Waals surface area contributed by atoms with Crippen LogP contribution in [0.3, 0.4) is 0 Å². The van der Waals surface area contributed by atoms with Gasteiger partial charge in [-0.3, -0.25) is 9.36 Å². The molecule has 0 spiro atoms. The van der Waals surface area contributed by atoms with Crippen LogP contribution >= 0.6 is 11.8 Å². The Hall–Kier alpha value is -3.66. The summed E-state index contributed by atoms with van der Waals surface area (Å²) in [6.45, 7) is 1.80. The molecule has 1 atom stereocenters. The number of anilines is 1. The van der Waals surface area contributed by atoms with Crippen LogP contribution in [0.5, 0.6) is 0 Å². The molecule has 0 fully saturated rings. The molecule has 0 radical (unpaired) electrons. The molecular formula is C21H18N2O7S. The average Bonchev–Trinajstić information content (AvgIpc) is 3.51. The topological polar surface area (TPSA) is 127 Å². The van der Waals surface area contributed by atoms with Gasteiger partial charge in [-0.15, -0.1) is 0 Å². The molecule has 0 amide bonds. The lowest BCUT2D eigenvalue weighted by atomic mass is 10.2. The fraction of sp³-hybridized carbons (Fsp3) is 0.190. The molecular weight excluding hydrogens is 424 g/mol. The normalized spacial score (nSPS) is 16.3. The second-order valence-corrected chi connectivity index (χ2v) is 7.53. The predicted molar refractivity (Wildman–Crippen MR) is 111 cm³/mol. The zero-order chi connectivity index (χ0) is 22.1. The summed E-state index contributed by atoms with van der Waals surface area (Å²) in [7, 11) is 1.18. The van der Waals surface area contributed by atoms with Crippen molar-refractivity contribution in [1.29, 1.82) is 0 Å². The number of nitrogen functional groups attached to an aromatic ring is 1. The number of methoxy groups -OCH3 is 1. The van der Waals surface area contributed by atoms with Crippen LogP contribution in [0.2, 0.25) is 0 Å². The van der Waals surface area contributed by atoms with E-state index in [1.807, 2.05) is 0 Å². The Bertz CT molecular complexity index is 1270. The maximum Gasteiger partial charge on any atom is 0.357 e. The van der Waals surface area contributed by atoms with E-state index >= 15 is 0 Å². The third-order valence-corrected chi connectivity index (χ3v) is 5.88. The van der Waals surface area contributed by atoms with E-state index in [9.17, 15) is 14.4 Å². The lowest BCUT2D eigenvalue weighted by Crippen LogP contribution is -2.42. The molecule has 4 heterocycles. The smallest absolute Gasteiger partial charge is 0.357 e. The molecule has 9 nitrogen and oxygen atoms in total. The van der Waals surface area contributed by atoms with Gasteiger partial charge >= 0.3 is 11.9 Å². The third kappa shape index (κ3) is 3.44. The molecule has 1 aliphatic heterocycles. The summed E-state index contributed by atoms with van der Waals surface area (Å²) in [6, 6.07) is 6.59. The highest BCUT2D eigenvalue weighted by molar-refractivity contribution is 8.10. The minimum absolute atomic E-state index is 0.0194. The SMILES string of the molecule is CCOC(=O)C1=c2/c(=C/c3ccco3)c(N)c(C(=O)OC)n2C(=O)C(c2ccco2)S1. The molecule has 1 unspecified atom stereocenters. The molecule has 10 heteroatoms. The van der Waals surface area contributed by atoms with Crippen LogP contribution in [0.4, 0.5) is 5.69 Å². The van der Waals surface area contributed by atoms with Crippen molar-refractivity contribution in [3.8, 4) is 0 Å². The first-order valence-corrected chi connectivity index (χ1v) is 10.1. The fourth-order valence-corrected chi connectivity index (χ4v) is 4.47. The summed E-state index contributed by atoms with van der Waals surface area (Å²) in [4.78, 5) is 39.0. The van der Waals surface area contributed by atoms with Crippen molar-refractivity contribution in [3.63, 3.8) is 0 Å². The zero-order valence-corrected chi connectivity index (χ0v) is 17.4. The first-order valence-electron chi connectivity index (χ1n) is 9.27. The van der Waals surface area contributed by atoms with Crippen LogP contribution in [0.1, 0.15) is 39.0 Å². The van der Waals surface area contributed by atoms with Gasteiger partial charge in [0.2, 0.25) is 0 Å². The van der Waals surface area contributed by atoms with Crippen LogP contribution in [0.15, 0.2) is 45.6 Å². The highest BCUT2D eigenvalue weighted by Gasteiger charge is 2.39. The highest BCUT2D eigenvalue weighted by atomic mass is 32.2. The quantitative estimate of drug-likeness (QED) is 0.587. The van der Waals surface area contributed by atoms with E-state index in [0.29, 0.717) is 11.5 Å². The average molecular weight is 442 g/mol. The molecule has 0 saturated carbocycles. The highest BCUT2D eigenvalue weighted by Crippen LogP contribution is 2.39. The Kier molecular flexibility index (Phi) is 5.47. The molecule has 0 aromatic carbocycles. The minimum Gasteiger partial charge on any atom is -0.468 e. The summed E-state index contributed by atoms with van der Waals surface area (Å²) in [5.41, 5.74) is 6.09. The van der Waals surface area contributed by atoms with Gasteiger partial charge in [-0.25, -0.2) is 9.59 Å². The van der Waals surface area contributed by atoms with Gasteiger partial charge in [0, 0.05) is 5.22 Å². The summed E-state index contributed by atoms with van der Waals surface area (Å²) in [6.07, 6.45) is 4.44. The van der Waals surface area contributed by atoms with Gasteiger partial charge in [-0.05, 0) is 37.3 Å². The lowest BCUT2D eigenvalue weighted by Gasteiger charge is -2.21. The number of esters is 2. The Labute approximate surface area is 180 Å². The number of hydrogen-bond acceptors (Lipinski definition) is 9. The minimum atomic E-state index is -0.923. The molecule has 2 N–H and O–H groups in total. The Morgan fingerprint density at radius 1 is 1.23 bits per heavy atom. The third-order valence-electron chi connectivity index (χ3n) is 4.61. The number of rotatable bonds is 5. The van der Waals surface area contributed by atoms with E-state index in [1.165, 1.54) is 19.6 Å². The van der Waals surface area contributed by atoms with Gasteiger partial charge in [-0.2, -0.15) is 0 Å². The first kappa shape index (κ1) is 20.6. The summed E-state index contributed by atoms with van der Waals surface area (Å²) in [5, 5.41) is -0.503. The second kappa shape index (κ2) is 8.23. The van der Waals surface area contributed by atoms with Crippen molar-refractivity contribution in [2.75, 3.05) is 19.5 Å². The second-order valence-electron chi connectivity index (χ2n) is 6.41. The van der Waals surface area contributed by atoms with Gasteiger partial charge in [0.25, 0.3) is 5.91 Å². The number of fused-ring (bicyclic) bond motifs is 1. The van der Waals surface area contributed by atoms with E-state index < -0.39 is 23.1 Å². The number of hydrogen-bond donors (Lipinski definition) is 1. The number of nitrogens with two attached hydrogens (primary N) is 1. The maximum absolute atomic E-state index is 13.5. The molecule has 3 aromatic rings. The molecule has 4 rings (SSSR count). The van der Waals surface area contributed by atoms with Crippen LogP contribution in [-0.4, -0.2) is 36.1 Å². The lowest BCUT2D eigenvalue weighted by molar-refractivity contribution is -0.135. The van der Waals surface area contributed by atoms with E-state index in [0.717, 1.165) is 16.3 Å². The number of furan rings is 2. The number of thioether (sulfide) groups is 1. The molecule has 31 heavy (non-hydrogen) atoms. The van der Waals surface area contributed by atoms with Gasteiger partial charge in [0.15, 0.2) is 5.69 Å². The van der Waals surface area contributed by atoms with Gasteiger partial charge < -0.3 is 24.0 Å². The van der Waals surface area contributed by atoms with Crippen molar-refractivity contribution in [1.82, 2.24) is 4.57 Å². The standard InChI is InChI=1S/C21H18N2O7S/c1-3-28-21(26)18-15-12(10-11-6-4-8-29-11)14(22)16(20(25)27-2)23(15)19(24)17(31-18)13-7-5-9-30-13/h4-10,17H,3,22H2,1-2H3/b12-10+. The van der Waals surface area contributed by atoms with E-state index in [-0.39, 0.29) is 33.5 Å². The summed E-state index contributed by atoms with van der Waals surface area (Å²) < 4.78 is 22.0. The number of carbonyl (C=O) groups excluding carboxylic acids is 3. The van der Waals surface area contributed by atoms with Crippen molar-refractivity contribution in [2.24, 2.45) is 0 Å². The number of carbonyl (C=O) groups is 3. The number of nitrogens with zero attached hydrogens (tertiary/aromatic N) is 1. The molecule has 160 valence electrons. The zero-order valence-electron chi connectivity index (χ0n) is 16.6. The van der Waals surface area contributed by atoms with Crippen LogP contribution in [-0.2, 0) is 14.3 Å². The van der Waals surface area contributed by atoms with Crippen molar-refractivity contribution in [3.05, 3.63) is 64.6 Å². The van der Waals surface area contributed by atoms with Crippen LogP contribution in [0, 0.1) is 0 Å². The van der Waals surface area contributed by atoms with Gasteiger partial charge in [0.1, 0.15) is 21.7 Å². The molecule has 0 aliphatic carbocycles. The largest absolute Gasteiger partial charge is 0.468 e.